The van der Waals surface area contributed by atoms with E-state index in [4.69, 9.17) is 15.7 Å². The Morgan fingerprint density at radius 2 is 2.30 bits per heavy atom. The number of rotatable bonds is 3. The summed E-state index contributed by atoms with van der Waals surface area (Å²) in [6, 6.07) is 6.98. The topological polar surface area (TPSA) is 88.2 Å². The molecule has 1 aliphatic rings. The van der Waals surface area contributed by atoms with Crippen LogP contribution in [0.25, 0.3) is 0 Å². The van der Waals surface area contributed by atoms with Crippen LogP contribution in [0, 0.1) is 0 Å². The minimum Gasteiger partial charge on any atom is -0.409 e. The molecule has 0 aliphatic carbocycles. The van der Waals surface area contributed by atoms with E-state index in [-0.39, 0.29) is 17.8 Å². The average Bonchev–Trinajstić information content (AvgIpc) is 2.53. The van der Waals surface area contributed by atoms with Gasteiger partial charge in [-0.2, -0.15) is 0 Å². The van der Waals surface area contributed by atoms with Gasteiger partial charge in [0.25, 0.3) is 5.91 Å². The molecule has 6 nitrogen and oxygen atoms in total. The Labute approximate surface area is 117 Å². The third kappa shape index (κ3) is 3.08. The average molecular weight is 277 g/mol. The number of likely N-dealkylation sites (N-methyl/N-ethyl adjacent to an activating group) is 1. The first-order chi connectivity index (χ1) is 9.63. The van der Waals surface area contributed by atoms with E-state index in [9.17, 15) is 4.79 Å². The Morgan fingerprint density at radius 1 is 1.50 bits per heavy atom. The van der Waals surface area contributed by atoms with Crippen LogP contribution >= 0.6 is 0 Å². The molecule has 1 aromatic carbocycles. The number of hydrogen-bond acceptors (Lipinski definition) is 4. The van der Waals surface area contributed by atoms with Crippen molar-refractivity contribution in [3.63, 3.8) is 0 Å². The molecule has 0 bridgehead atoms. The summed E-state index contributed by atoms with van der Waals surface area (Å²) in [5, 5.41) is 11.7. The predicted octanol–water partition coefficient (Wildman–Crippen LogP) is 1.31. The van der Waals surface area contributed by atoms with Gasteiger partial charge in [-0.1, -0.05) is 17.3 Å². The highest BCUT2D eigenvalue weighted by atomic mass is 16.5. The molecule has 3 N–H and O–H groups in total. The first-order valence-corrected chi connectivity index (χ1v) is 6.60. The summed E-state index contributed by atoms with van der Waals surface area (Å²) in [7, 11) is 1.70. The smallest absolute Gasteiger partial charge is 0.255 e. The molecule has 108 valence electrons. The standard InChI is InChI=1S/C14H19N3O3/c1-17(14(18)12-7-2-3-8-20-12)11-6-4-5-10(9-11)13(15)16-19/h4-6,9,12,19H,2-3,7-8H2,1H3,(H2,15,16). The number of anilines is 1. The second-order valence-electron chi connectivity index (χ2n) is 4.79. The van der Waals surface area contributed by atoms with Crippen LogP contribution in [-0.2, 0) is 9.53 Å². The van der Waals surface area contributed by atoms with Crippen LogP contribution in [0.5, 0.6) is 0 Å². The molecular weight excluding hydrogens is 258 g/mol. The van der Waals surface area contributed by atoms with Crippen molar-refractivity contribution < 1.29 is 14.7 Å². The fourth-order valence-electron chi connectivity index (χ4n) is 2.21. The third-order valence-electron chi connectivity index (χ3n) is 3.42. The van der Waals surface area contributed by atoms with Crippen LogP contribution in [0.2, 0.25) is 0 Å². The van der Waals surface area contributed by atoms with Crippen molar-refractivity contribution in [2.24, 2.45) is 10.9 Å². The van der Waals surface area contributed by atoms with Gasteiger partial charge in [0.2, 0.25) is 0 Å². The van der Waals surface area contributed by atoms with Crippen LogP contribution in [0.15, 0.2) is 29.4 Å². The summed E-state index contributed by atoms with van der Waals surface area (Å²) in [6.07, 6.45) is 2.39. The van der Waals surface area contributed by atoms with Gasteiger partial charge in [-0.15, -0.1) is 0 Å². The molecule has 1 amide bonds. The molecule has 1 atom stereocenters. The number of amidine groups is 1. The Bertz CT molecular complexity index is 510. The number of amides is 1. The van der Waals surface area contributed by atoms with Gasteiger partial charge in [-0.25, -0.2) is 0 Å². The normalized spacial score (nSPS) is 19.6. The van der Waals surface area contributed by atoms with Crippen LogP contribution < -0.4 is 10.6 Å². The number of nitrogens with two attached hydrogens (primary N) is 1. The minimum absolute atomic E-state index is 0.0154. The maximum Gasteiger partial charge on any atom is 0.255 e. The van der Waals surface area contributed by atoms with Crippen molar-refractivity contribution in [2.45, 2.75) is 25.4 Å². The molecule has 1 aromatic rings. The molecule has 0 spiro atoms. The number of hydrogen-bond donors (Lipinski definition) is 2. The number of benzene rings is 1. The second-order valence-corrected chi connectivity index (χ2v) is 4.79. The van der Waals surface area contributed by atoms with Gasteiger partial charge in [0.15, 0.2) is 5.84 Å². The molecule has 1 unspecified atom stereocenters. The Kier molecular flexibility index (Phi) is 4.57. The number of carbonyl (C=O) groups excluding carboxylic acids is 1. The fraction of sp³-hybridized carbons (Fsp3) is 0.429. The van der Waals surface area contributed by atoms with E-state index >= 15 is 0 Å². The first kappa shape index (κ1) is 14.3. The lowest BCUT2D eigenvalue weighted by Crippen LogP contribution is -2.39. The van der Waals surface area contributed by atoms with Gasteiger partial charge in [0, 0.05) is 24.9 Å². The predicted molar refractivity (Wildman–Crippen MR) is 76.0 cm³/mol. The van der Waals surface area contributed by atoms with Gasteiger partial charge in [-0.05, 0) is 31.4 Å². The summed E-state index contributed by atoms with van der Waals surface area (Å²) in [5.41, 5.74) is 6.81. The van der Waals surface area contributed by atoms with Crippen molar-refractivity contribution >= 4 is 17.4 Å². The van der Waals surface area contributed by atoms with Crippen LogP contribution in [-0.4, -0.2) is 36.7 Å². The van der Waals surface area contributed by atoms with E-state index in [0.717, 1.165) is 19.3 Å². The number of ether oxygens (including phenoxy) is 1. The third-order valence-corrected chi connectivity index (χ3v) is 3.42. The zero-order valence-corrected chi connectivity index (χ0v) is 11.5. The second kappa shape index (κ2) is 6.38. The van der Waals surface area contributed by atoms with Gasteiger partial charge < -0.3 is 20.6 Å². The fourth-order valence-corrected chi connectivity index (χ4v) is 2.21. The molecule has 0 radical (unpaired) electrons. The summed E-state index contributed by atoms with van der Waals surface area (Å²) >= 11 is 0. The van der Waals surface area contributed by atoms with Crippen LogP contribution in [0.4, 0.5) is 5.69 Å². The molecule has 0 aromatic heterocycles. The highest BCUT2D eigenvalue weighted by Gasteiger charge is 2.25. The monoisotopic (exact) mass is 277 g/mol. The Morgan fingerprint density at radius 3 is 2.95 bits per heavy atom. The van der Waals surface area contributed by atoms with Crippen molar-refractivity contribution in [3.8, 4) is 0 Å². The summed E-state index contributed by atoms with van der Waals surface area (Å²) in [5.74, 6) is -0.0528. The molecule has 0 saturated carbocycles. The molecule has 1 saturated heterocycles. The molecule has 2 rings (SSSR count). The molecular formula is C14H19N3O3. The number of nitrogens with zero attached hydrogens (tertiary/aromatic N) is 2. The highest BCUT2D eigenvalue weighted by Crippen LogP contribution is 2.20. The van der Waals surface area contributed by atoms with Crippen molar-refractivity contribution in [3.05, 3.63) is 29.8 Å². The molecule has 1 aliphatic heterocycles. The maximum atomic E-state index is 12.3. The zero-order valence-electron chi connectivity index (χ0n) is 11.5. The first-order valence-electron chi connectivity index (χ1n) is 6.60. The summed E-state index contributed by atoms with van der Waals surface area (Å²) in [6.45, 7) is 0.633. The van der Waals surface area contributed by atoms with E-state index in [1.54, 1.807) is 36.2 Å². The van der Waals surface area contributed by atoms with E-state index < -0.39 is 0 Å². The van der Waals surface area contributed by atoms with E-state index in [1.807, 2.05) is 0 Å². The van der Waals surface area contributed by atoms with E-state index in [1.165, 1.54) is 0 Å². The van der Waals surface area contributed by atoms with Crippen LogP contribution in [0.3, 0.4) is 0 Å². The lowest BCUT2D eigenvalue weighted by Gasteiger charge is -2.27. The van der Waals surface area contributed by atoms with Crippen molar-refractivity contribution in [1.82, 2.24) is 0 Å². The van der Waals surface area contributed by atoms with E-state index in [0.29, 0.717) is 17.9 Å². The largest absolute Gasteiger partial charge is 0.409 e. The summed E-state index contributed by atoms with van der Waals surface area (Å²) < 4.78 is 5.50. The minimum atomic E-state index is -0.374. The van der Waals surface area contributed by atoms with Gasteiger partial charge in [0.05, 0.1) is 0 Å². The quantitative estimate of drug-likeness (QED) is 0.377. The van der Waals surface area contributed by atoms with Gasteiger partial charge >= 0.3 is 0 Å². The number of oxime groups is 1. The molecule has 1 heterocycles. The lowest BCUT2D eigenvalue weighted by atomic mass is 10.1. The molecule has 6 heteroatoms. The van der Waals surface area contributed by atoms with Gasteiger partial charge in [0.1, 0.15) is 6.10 Å². The lowest BCUT2D eigenvalue weighted by molar-refractivity contribution is -0.132. The van der Waals surface area contributed by atoms with Crippen molar-refractivity contribution in [1.29, 1.82) is 0 Å². The summed E-state index contributed by atoms with van der Waals surface area (Å²) in [4.78, 5) is 13.9. The Hall–Kier alpha value is -2.08. The van der Waals surface area contributed by atoms with Gasteiger partial charge in [-0.3, -0.25) is 4.79 Å². The Balaban J connectivity index is 2.15. The maximum absolute atomic E-state index is 12.3. The molecule has 20 heavy (non-hydrogen) atoms. The van der Waals surface area contributed by atoms with Crippen molar-refractivity contribution in [2.75, 3.05) is 18.6 Å². The van der Waals surface area contributed by atoms with Crippen LogP contribution in [0.1, 0.15) is 24.8 Å². The van der Waals surface area contributed by atoms with E-state index in [2.05, 4.69) is 5.16 Å². The zero-order chi connectivity index (χ0) is 14.5. The highest BCUT2D eigenvalue weighted by molar-refractivity contribution is 6.00. The SMILES string of the molecule is CN(C(=O)C1CCCCO1)c1cccc(C(N)=NO)c1. The number of carbonyl (C=O) groups is 1. The molecule has 1 fully saturated rings.